The van der Waals surface area contributed by atoms with Gasteiger partial charge in [-0.3, -0.25) is 0 Å². The lowest BCUT2D eigenvalue weighted by molar-refractivity contribution is -0.254. The van der Waals surface area contributed by atoms with Crippen molar-refractivity contribution in [1.29, 1.82) is 0 Å². The second kappa shape index (κ2) is 7.48. The molecule has 1 fully saturated rings. The maximum atomic E-state index is 12.3. The molecular formula is C16H19N3O7. The van der Waals surface area contributed by atoms with Gasteiger partial charge in [-0.2, -0.15) is 0 Å². The molecule has 1 aliphatic rings. The van der Waals surface area contributed by atoms with Gasteiger partial charge in [0.2, 0.25) is 0 Å². The third kappa shape index (κ3) is 3.08. The average molecular weight is 365 g/mol. The number of esters is 1. The van der Waals surface area contributed by atoms with Crippen molar-refractivity contribution in [2.24, 2.45) is 0 Å². The van der Waals surface area contributed by atoms with E-state index in [-0.39, 0.29) is 11.4 Å². The van der Waals surface area contributed by atoms with Crippen molar-refractivity contribution >= 4 is 5.97 Å². The smallest absolute Gasteiger partial charge is 0.358 e. The lowest BCUT2D eigenvalue weighted by Crippen LogP contribution is -2.56. The van der Waals surface area contributed by atoms with Crippen molar-refractivity contribution in [1.82, 2.24) is 15.0 Å². The topological polar surface area (TPSA) is 147 Å². The van der Waals surface area contributed by atoms with Crippen LogP contribution in [0.5, 0.6) is 0 Å². The zero-order valence-electron chi connectivity index (χ0n) is 13.8. The van der Waals surface area contributed by atoms with Gasteiger partial charge in [-0.15, -0.1) is 5.10 Å². The molecule has 0 unspecified atom stereocenters. The fraction of sp³-hybridized carbons (Fsp3) is 0.438. The van der Waals surface area contributed by atoms with Crippen LogP contribution < -0.4 is 0 Å². The molecule has 3 rings (SSSR count). The molecule has 2 aromatic rings. The summed E-state index contributed by atoms with van der Waals surface area (Å²) in [6, 6.07) is 8.73. The van der Waals surface area contributed by atoms with Crippen molar-refractivity contribution < 1.29 is 34.7 Å². The molecule has 26 heavy (non-hydrogen) atoms. The van der Waals surface area contributed by atoms with E-state index in [1.54, 1.807) is 30.3 Å². The van der Waals surface area contributed by atoms with E-state index in [4.69, 9.17) is 9.47 Å². The Labute approximate surface area is 148 Å². The van der Waals surface area contributed by atoms with E-state index in [2.05, 4.69) is 10.3 Å². The summed E-state index contributed by atoms with van der Waals surface area (Å²) in [4.78, 5) is 12.3. The minimum Gasteiger partial charge on any atom is -0.464 e. The molecule has 1 aromatic carbocycles. The Morgan fingerprint density at radius 2 is 1.88 bits per heavy atom. The monoisotopic (exact) mass is 365 g/mol. The largest absolute Gasteiger partial charge is 0.464 e. The lowest BCUT2D eigenvalue weighted by atomic mass is 9.98. The molecule has 0 aliphatic carbocycles. The van der Waals surface area contributed by atoms with Crippen LogP contribution in [-0.4, -0.2) is 79.5 Å². The molecule has 0 radical (unpaired) electrons. The van der Waals surface area contributed by atoms with E-state index in [0.29, 0.717) is 5.56 Å². The third-order valence-electron chi connectivity index (χ3n) is 4.23. The number of aliphatic hydroxyl groups is 4. The van der Waals surface area contributed by atoms with E-state index in [0.717, 1.165) is 4.68 Å². The molecule has 4 N–H and O–H groups in total. The van der Waals surface area contributed by atoms with Gasteiger partial charge in [0, 0.05) is 5.56 Å². The van der Waals surface area contributed by atoms with Crippen molar-refractivity contribution in [3.05, 3.63) is 36.0 Å². The number of rotatable bonds is 4. The number of hydrogen-bond acceptors (Lipinski definition) is 9. The quantitative estimate of drug-likeness (QED) is 0.486. The van der Waals surface area contributed by atoms with Crippen LogP contribution in [0.2, 0.25) is 0 Å². The minimum absolute atomic E-state index is 0.0944. The summed E-state index contributed by atoms with van der Waals surface area (Å²) >= 11 is 0. The zero-order valence-corrected chi connectivity index (χ0v) is 13.8. The molecule has 0 saturated carbocycles. The minimum atomic E-state index is -1.61. The molecular weight excluding hydrogens is 346 g/mol. The number of methoxy groups -OCH3 is 1. The molecule has 0 spiro atoms. The first-order chi connectivity index (χ1) is 12.5. The Bertz CT molecular complexity index is 764. The number of aromatic nitrogens is 3. The molecule has 0 amide bonds. The van der Waals surface area contributed by atoms with Crippen LogP contribution in [0.1, 0.15) is 16.7 Å². The number of nitrogens with zero attached hydrogens (tertiary/aromatic N) is 3. The Hall–Kier alpha value is -2.37. The Morgan fingerprint density at radius 1 is 1.19 bits per heavy atom. The second-order valence-corrected chi connectivity index (χ2v) is 5.81. The molecule has 2 heterocycles. The second-order valence-electron chi connectivity index (χ2n) is 5.81. The van der Waals surface area contributed by atoms with Crippen LogP contribution in [0.4, 0.5) is 0 Å². The van der Waals surface area contributed by atoms with E-state index in [9.17, 15) is 25.2 Å². The van der Waals surface area contributed by atoms with Crippen molar-refractivity contribution in [2.45, 2.75) is 30.6 Å². The van der Waals surface area contributed by atoms with E-state index >= 15 is 0 Å². The van der Waals surface area contributed by atoms with Crippen LogP contribution in [-0.2, 0) is 9.47 Å². The SMILES string of the molecule is COC(=O)c1c(-c2ccccc2)nnn1[C@@H]1O[C@H](CO)[C@@H](O)[C@H](O)[C@@H]1O. The van der Waals surface area contributed by atoms with Gasteiger partial charge < -0.3 is 29.9 Å². The van der Waals surface area contributed by atoms with Gasteiger partial charge in [0.25, 0.3) is 0 Å². The summed E-state index contributed by atoms with van der Waals surface area (Å²) < 4.78 is 11.2. The van der Waals surface area contributed by atoms with Crippen LogP contribution in [0.25, 0.3) is 11.3 Å². The number of ether oxygens (including phenoxy) is 2. The van der Waals surface area contributed by atoms with Crippen molar-refractivity contribution in [3.8, 4) is 11.3 Å². The lowest BCUT2D eigenvalue weighted by Gasteiger charge is -2.39. The van der Waals surface area contributed by atoms with E-state index in [1.165, 1.54) is 7.11 Å². The molecule has 10 heteroatoms. The number of benzene rings is 1. The highest BCUT2D eigenvalue weighted by Gasteiger charge is 2.46. The van der Waals surface area contributed by atoms with Gasteiger partial charge in [0.1, 0.15) is 30.1 Å². The predicted octanol–water partition coefficient (Wildman–Crippen LogP) is -1.30. The summed E-state index contributed by atoms with van der Waals surface area (Å²) in [5.74, 6) is -0.772. The molecule has 10 nitrogen and oxygen atoms in total. The summed E-state index contributed by atoms with van der Waals surface area (Å²) in [6.07, 6.45) is -7.25. The number of carbonyl (C=O) groups is 1. The van der Waals surface area contributed by atoms with Gasteiger partial charge in [0.15, 0.2) is 11.9 Å². The molecule has 1 aromatic heterocycles. The first-order valence-electron chi connectivity index (χ1n) is 7.89. The highest BCUT2D eigenvalue weighted by atomic mass is 16.6. The van der Waals surface area contributed by atoms with Crippen molar-refractivity contribution in [2.75, 3.05) is 13.7 Å². The molecule has 0 bridgehead atoms. The maximum absolute atomic E-state index is 12.3. The molecule has 1 aliphatic heterocycles. The predicted molar refractivity (Wildman–Crippen MR) is 85.8 cm³/mol. The number of hydrogen-bond donors (Lipinski definition) is 4. The highest BCUT2D eigenvalue weighted by molar-refractivity contribution is 5.94. The number of carbonyl (C=O) groups excluding carboxylic acids is 1. The summed E-state index contributed by atoms with van der Waals surface area (Å²) in [6.45, 7) is -0.602. The Balaban J connectivity index is 2.07. The molecule has 140 valence electrons. The summed E-state index contributed by atoms with van der Waals surface area (Å²) in [7, 11) is 1.18. The van der Waals surface area contributed by atoms with Gasteiger partial charge >= 0.3 is 5.97 Å². The van der Waals surface area contributed by atoms with Crippen LogP contribution in [0.15, 0.2) is 30.3 Å². The fourth-order valence-electron chi connectivity index (χ4n) is 2.83. The average Bonchev–Trinajstić information content (AvgIpc) is 3.11. The van der Waals surface area contributed by atoms with Gasteiger partial charge in [0.05, 0.1) is 13.7 Å². The normalized spacial score (nSPS) is 28.7. The van der Waals surface area contributed by atoms with E-state index < -0.39 is 43.2 Å². The van der Waals surface area contributed by atoms with Crippen LogP contribution >= 0.6 is 0 Å². The highest BCUT2D eigenvalue weighted by Crippen LogP contribution is 2.31. The van der Waals surface area contributed by atoms with Crippen LogP contribution in [0.3, 0.4) is 0 Å². The number of aliphatic hydroxyl groups excluding tert-OH is 4. The maximum Gasteiger partial charge on any atom is 0.358 e. The van der Waals surface area contributed by atoms with Gasteiger partial charge in [-0.25, -0.2) is 9.48 Å². The third-order valence-corrected chi connectivity index (χ3v) is 4.23. The Kier molecular flexibility index (Phi) is 5.30. The van der Waals surface area contributed by atoms with Gasteiger partial charge in [-0.1, -0.05) is 35.5 Å². The van der Waals surface area contributed by atoms with Crippen LogP contribution in [0, 0.1) is 0 Å². The molecule has 5 atom stereocenters. The van der Waals surface area contributed by atoms with Gasteiger partial charge in [-0.05, 0) is 0 Å². The molecule has 1 saturated heterocycles. The first-order valence-corrected chi connectivity index (χ1v) is 7.89. The summed E-state index contributed by atoms with van der Waals surface area (Å²) in [5, 5.41) is 47.3. The first kappa shape index (κ1) is 18.4. The zero-order chi connectivity index (χ0) is 18.8. The fourth-order valence-corrected chi connectivity index (χ4v) is 2.83. The van der Waals surface area contributed by atoms with E-state index in [1.807, 2.05) is 0 Å². The standard InChI is InChI=1S/C16H19N3O7/c1-25-16(24)11-10(8-5-3-2-4-6-8)17-18-19(11)15-14(23)13(22)12(21)9(7-20)26-15/h2-6,9,12-15,20-23H,7H2,1H3/t9-,12-,13+,14+,15-/m1/s1. The Morgan fingerprint density at radius 3 is 2.50 bits per heavy atom. The summed E-state index contributed by atoms with van der Waals surface area (Å²) in [5.41, 5.74) is 0.696. The van der Waals surface area contributed by atoms with Crippen molar-refractivity contribution in [3.63, 3.8) is 0 Å².